The van der Waals surface area contributed by atoms with Gasteiger partial charge in [-0.3, -0.25) is 10.1 Å². The van der Waals surface area contributed by atoms with Crippen LogP contribution in [0.5, 0.6) is 0 Å². The number of carbonyl (C=O) groups excluding carboxylic acids is 1. The molecule has 0 unspecified atom stereocenters. The van der Waals surface area contributed by atoms with E-state index in [1.54, 1.807) is 0 Å². The van der Waals surface area contributed by atoms with Crippen LogP contribution in [0, 0.1) is 21.4 Å². The number of nitro groups is 1. The van der Waals surface area contributed by atoms with Crippen LogP contribution in [0.15, 0.2) is 36.4 Å². The maximum absolute atomic E-state index is 12.2. The van der Waals surface area contributed by atoms with Crippen molar-refractivity contribution in [2.75, 3.05) is 13.2 Å². The summed E-state index contributed by atoms with van der Waals surface area (Å²) in [5.41, 5.74) is 0.256. The molecular formula is C18H21NO4. The molecule has 3 rings (SSSR count). The number of carbonyl (C=O) groups is 1. The standard InChI is InChI=1S/C18H21NO4/c1-2-18(19(21)22)16(9-11-20)15(14-6-4-3-5-7-14)8-10-17(18)12-23-13-17/h3-8,11,16H,2,9-10,12-13H2,1H3/t16-,18+/m0/s1. The minimum absolute atomic E-state index is 0.139. The molecule has 23 heavy (non-hydrogen) atoms. The molecule has 0 radical (unpaired) electrons. The Morgan fingerprint density at radius 3 is 2.52 bits per heavy atom. The van der Waals surface area contributed by atoms with Gasteiger partial charge in [0.15, 0.2) is 0 Å². The third-order valence-electron chi connectivity index (χ3n) is 5.64. The van der Waals surface area contributed by atoms with Gasteiger partial charge in [-0.1, -0.05) is 43.3 Å². The summed E-state index contributed by atoms with van der Waals surface area (Å²) >= 11 is 0. The second-order valence-corrected chi connectivity index (χ2v) is 6.49. The molecule has 2 atom stereocenters. The summed E-state index contributed by atoms with van der Waals surface area (Å²) in [6.07, 6.45) is 4.09. The molecule has 0 bridgehead atoms. The molecule has 1 fully saturated rings. The van der Waals surface area contributed by atoms with Gasteiger partial charge in [0.05, 0.1) is 24.5 Å². The Bertz CT molecular complexity index is 636. The first-order valence-corrected chi connectivity index (χ1v) is 8.02. The fourth-order valence-electron chi connectivity index (χ4n) is 4.41. The van der Waals surface area contributed by atoms with Crippen molar-refractivity contribution in [1.29, 1.82) is 0 Å². The van der Waals surface area contributed by atoms with Gasteiger partial charge in [-0.15, -0.1) is 0 Å². The highest BCUT2D eigenvalue weighted by atomic mass is 16.6. The molecule has 5 heteroatoms. The van der Waals surface area contributed by atoms with Gasteiger partial charge in [-0.05, 0) is 17.6 Å². The Labute approximate surface area is 135 Å². The number of allylic oxidation sites excluding steroid dienone is 1. The average molecular weight is 315 g/mol. The fraction of sp³-hybridized carbons (Fsp3) is 0.500. The van der Waals surface area contributed by atoms with E-state index in [1.807, 2.05) is 37.3 Å². The average Bonchev–Trinajstić information content (AvgIpc) is 2.53. The van der Waals surface area contributed by atoms with E-state index in [2.05, 4.69) is 6.08 Å². The quantitative estimate of drug-likeness (QED) is 0.475. The van der Waals surface area contributed by atoms with E-state index in [9.17, 15) is 14.9 Å². The van der Waals surface area contributed by atoms with Crippen molar-refractivity contribution in [1.82, 2.24) is 0 Å². The van der Waals surface area contributed by atoms with Gasteiger partial charge in [0, 0.05) is 17.8 Å². The zero-order valence-electron chi connectivity index (χ0n) is 13.2. The van der Waals surface area contributed by atoms with Gasteiger partial charge in [-0.25, -0.2) is 0 Å². The van der Waals surface area contributed by atoms with Crippen LogP contribution in [0.4, 0.5) is 0 Å². The number of rotatable bonds is 5. The van der Waals surface area contributed by atoms with Gasteiger partial charge in [0.25, 0.3) is 0 Å². The lowest BCUT2D eigenvalue weighted by Gasteiger charge is -2.54. The van der Waals surface area contributed by atoms with Crippen LogP contribution < -0.4 is 0 Å². The van der Waals surface area contributed by atoms with Crippen LogP contribution >= 0.6 is 0 Å². The SMILES string of the molecule is CC[C@@]1([N+](=O)[O-])[C@@H](CC=O)C(c2ccccc2)=CCC12COC2. The number of nitrogens with zero attached hydrogens (tertiary/aromatic N) is 1. The maximum atomic E-state index is 12.2. The normalized spacial score (nSPS) is 28.7. The van der Waals surface area contributed by atoms with Crippen molar-refractivity contribution in [3.63, 3.8) is 0 Å². The van der Waals surface area contributed by atoms with Crippen LogP contribution in [-0.4, -0.2) is 30.0 Å². The lowest BCUT2D eigenvalue weighted by atomic mass is 9.53. The number of benzene rings is 1. The number of aldehydes is 1. The second kappa shape index (κ2) is 5.89. The smallest absolute Gasteiger partial charge is 0.239 e. The molecule has 0 aromatic heterocycles. The molecule has 1 aromatic rings. The van der Waals surface area contributed by atoms with E-state index in [0.29, 0.717) is 26.1 Å². The van der Waals surface area contributed by atoms with Crippen molar-refractivity contribution in [3.05, 3.63) is 52.1 Å². The van der Waals surface area contributed by atoms with Crippen LogP contribution in [0.1, 0.15) is 31.7 Å². The Morgan fingerprint density at radius 1 is 1.35 bits per heavy atom. The summed E-state index contributed by atoms with van der Waals surface area (Å²) in [7, 11) is 0. The second-order valence-electron chi connectivity index (χ2n) is 6.49. The zero-order chi connectivity index (χ0) is 16.5. The van der Waals surface area contributed by atoms with Gasteiger partial charge in [0.1, 0.15) is 6.29 Å². The van der Waals surface area contributed by atoms with Crippen LogP contribution in [0.2, 0.25) is 0 Å². The summed E-state index contributed by atoms with van der Waals surface area (Å²) in [5, 5.41) is 12.2. The van der Waals surface area contributed by atoms with Gasteiger partial charge < -0.3 is 9.53 Å². The van der Waals surface area contributed by atoms with E-state index in [0.717, 1.165) is 17.4 Å². The molecule has 0 saturated carbocycles. The van der Waals surface area contributed by atoms with E-state index < -0.39 is 16.9 Å². The Hall–Kier alpha value is -2.01. The van der Waals surface area contributed by atoms with Gasteiger partial charge in [0.2, 0.25) is 5.54 Å². The van der Waals surface area contributed by atoms with Gasteiger partial charge in [-0.2, -0.15) is 0 Å². The predicted octanol–water partition coefficient (Wildman–Crippen LogP) is 3.12. The molecule has 1 aliphatic heterocycles. The summed E-state index contributed by atoms with van der Waals surface area (Å²) in [4.78, 5) is 23.4. The lowest BCUT2D eigenvalue weighted by Crippen LogP contribution is -2.68. The summed E-state index contributed by atoms with van der Waals surface area (Å²) in [6, 6.07) is 9.68. The third-order valence-corrected chi connectivity index (χ3v) is 5.64. The molecule has 0 amide bonds. The van der Waals surface area contributed by atoms with Crippen molar-refractivity contribution < 1.29 is 14.5 Å². The molecular weight excluding hydrogens is 294 g/mol. The van der Waals surface area contributed by atoms with Crippen LogP contribution in [-0.2, 0) is 9.53 Å². The molecule has 1 heterocycles. The maximum Gasteiger partial charge on any atom is 0.239 e. The molecule has 1 aliphatic carbocycles. The van der Waals surface area contributed by atoms with E-state index in [-0.39, 0.29) is 11.3 Å². The molecule has 1 saturated heterocycles. The lowest BCUT2D eigenvalue weighted by molar-refractivity contribution is -0.612. The Kier molecular flexibility index (Phi) is 4.06. The van der Waals surface area contributed by atoms with Gasteiger partial charge >= 0.3 is 0 Å². The van der Waals surface area contributed by atoms with Crippen molar-refractivity contribution in [3.8, 4) is 0 Å². The van der Waals surface area contributed by atoms with Crippen molar-refractivity contribution in [2.24, 2.45) is 11.3 Å². The Balaban J connectivity index is 2.16. The predicted molar refractivity (Wildman–Crippen MR) is 86.5 cm³/mol. The third kappa shape index (κ3) is 2.14. The molecule has 0 N–H and O–H groups in total. The number of ether oxygens (including phenoxy) is 1. The molecule has 1 aromatic carbocycles. The monoisotopic (exact) mass is 315 g/mol. The first-order chi connectivity index (χ1) is 11.1. The summed E-state index contributed by atoms with van der Waals surface area (Å²) in [6.45, 7) is 2.65. The molecule has 122 valence electrons. The van der Waals surface area contributed by atoms with Crippen molar-refractivity contribution >= 4 is 11.9 Å². The topological polar surface area (TPSA) is 69.4 Å². The molecule has 2 aliphatic rings. The number of hydrogen-bond acceptors (Lipinski definition) is 4. The number of hydrogen-bond donors (Lipinski definition) is 0. The summed E-state index contributed by atoms with van der Waals surface area (Å²) in [5.74, 6) is -0.417. The first kappa shape index (κ1) is 15.9. The summed E-state index contributed by atoms with van der Waals surface area (Å²) < 4.78 is 5.37. The van der Waals surface area contributed by atoms with E-state index in [1.165, 1.54) is 0 Å². The molecule has 1 spiro atoms. The highest BCUT2D eigenvalue weighted by Gasteiger charge is 2.69. The Morgan fingerprint density at radius 2 is 2.04 bits per heavy atom. The highest BCUT2D eigenvalue weighted by molar-refractivity contribution is 5.73. The van der Waals surface area contributed by atoms with E-state index >= 15 is 0 Å². The molecule has 5 nitrogen and oxygen atoms in total. The highest BCUT2D eigenvalue weighted by Crippen LogP contribution is 2.57. The minimum atomic E-state index is -1.15. The first-order valence-electron chi connectivity index (χ1n) is 8.02. The van der Waals surface area contributed by atoms with Crippen molar-refractivity contribution in [2.45, 2.75) is 31.7 Å². The fourth-order valence-corrected chi connectivity index (χ4v) is 4.41. The van der Waals surface area contributed by atoms with E-state index in [4.69, 9.17) is 4.74 Å². The van der Waals surface area contributed by atoms with Crippen LogP contribution in [0.3, 0.4) is 0 Å². The minimum Gasteiger partial charge on any atom is -0.380 e. The van der Waals surface area contributed by atoms with Crippen LogP contribution in [0.25, 0.3) is 5.57 Å². The largest absolute Gasteiger partial charge is 0.380 e. The zero-order valence-corrected chi connectivity index (χ0v) is 13.2.